The third-order valence-electron chi connectivity index (χ3n) is 3.20. The first kappa shape index (κ1) is 8.47. The molecule has 13 heavy (non-hydrogen) atoms. The zero-order valence-electron chi connectivity index (χ0n) is 6.74. The van der Waals surface area contributed by atoms with E-state index in [4.69, 9.17) is 10.2 Å². The third-order valence-corrected chi connectivity index (χ3v) is 3.20. The van der Waals surface area contributed by atoms with Crippen LogP contribution in [0, 0.1) is 17.8 Å². The molecule has 4 atom stereocenters. The highest BCUT2D eigenvalue weighted by atomic mass is 19.1. The number of fused-ring (bicyclic) bond motifs is 1. The van der Waals surface area contributed by atoms with Crippen LogP contribution in [0.5, 0.6) is 0 Å². The van der Waals surface area contributed by atoms with Gasteiger partial charge in [-0.15, -0.1) is 0 Å². The van der Waals surface area contributed by atoms with Gasteiger partial charge in [0.2, 0.25) is 0 Å². The Morgan fingerprint density at radius 3 is 2.23 bits per heavy atom. The molecule has 2 aliphatic rings. The molecular weight excluding hydrogens is 179 g/mol. The zero-order chi connectivity index (χ0) is 9.80. The minimum absolute atomic E-state index is 0.264. The number of carboxylic acid groups (broad SMARTS) is 2. The van der Waals surface area contributed by atoms with Crippen LogP contribution in [0.25, 0.3) is 0 Å². The van der Waals surface area contributed by atoms with E-state index in [1.54, 1.807) is 0 Å². The molecule has 0 aliphatic heterocycles. The molecule has 2 rings (SSSR count). The minimum Gasteiger partial charge on any atom is -0.481 e. The normalized spacial score (nSPS) is 47.0. The van der Waals surface area contributed by atoms with Crippen LogP contribution >= 0.6 is 0 Å². The summed E-state index contributed by atoms with van der Waals surface area (Å²) in [5.41, 5.74) is -1.96. The fraction of sp³-hybridized carbons (Fsp3) is 0.750. The molecule has 0 heterocycles. The van der Waals surface area contributed by atoms with Crippen molar-refractivity contribution < 1.29 is 24.2 Å². The van der Waals surface area contributed by atoms with Crippen molar-refractivity contribution in [2.75, 3.05) is 0 Å². The Labute approximate surface area is 73.4 Å². The summed E-state index contributed by atoms with van der Waals surface area (Å²) in [6.07, 6.45) is 0.644. The van der Waals surface area contributed by atoms with E-state index < -0.39 is 35.4 Å². The van der Waals surface area contributed by atoms with Crippen molar-refractivity contribution in [1.29, 1.82) is 0 Å². The molecule has 4 nitrogen and oxygen atoms in total. The number of rotatable bonds is 2. The molecule has 72 valence electrons. The first-order chi connectivity index (χ1) is 5.99. The van der Waals surface area contributed by atoms with Gasteiger partial charge in [-0.05, 0) is 12.8 Å². The maximum absolute atomic E-state index is 13.8. The van der Waals surface area contributed by atoms with Gasteiger partial charge in [-0.1, -0.05) is 0 Å². The van der Waals surface area contributed by atoms with Crippen molar-refractivity contribution >= 4 is 11.9 Å². The molecule has 0 bridgehead atoms. The van der Waals surface area contributed by atoms with Crippen molar-refractivity contribution in [3.8, 4) is 0 Å². The predicted octanol–water partition coefficient (Wildman–Crippen LogP) is 0.520. The van der Waals surface area contributed by atoms with Gasteiger partial charge in [-0.3, -0.25) is 9.59 Å². The third kappa shape index (κ3) is 0.842. The van der Waals surface area contributed by atoms with Crippen LogP contribution in [-0.2, 0) is 9.59 Å². The molecule has 5 heteroatoms. The van der Waals surface area contributed by atoms with Crippen LogP contribution < -0.4 is 0 Å². The molecule has 0 aromatic carbocycles. The Morgan fingerprint density at radius 1 is 1.23 bits per heavy atom. The summed E-state index contributed by atoms with van der Waals surface area (Å²) >= 11 is 0. The first-order valence-corrected chi connectivity index (χ1v) is 4.14. The summed E-state index contributed by atoms with van der Waals surface area (Å²) in [6, 6.07) is 0. The molecule has 0 aromatic rings. The maximum atomic E-state index is 13.8. The highest BCUT2D eigenvalue weighted by Crippen LogP contribution is 2.66. The summed E-state index contributed by atoms with van der Waals surface area (Å²) < 4.78 is 13.8. The van der Waals surface area contributed by atoms with E-state index in [0.717, 1.165) is 0 Å². The van der Waals surface area contributed by atoms with Crippen LogP contribution in [0.1, 0.15) is 12.8 Å². The summed E-state index contributed by atoms with van der Waals surface area (Å²) in [4.78, 5) is 21.1. The predicted molar refractivity (Wildman–Crippen MR) is 38.8 cm³/mol. The maximum Gasteiger partial charge on any atom is 0.310 e. The van der Waals surface area contributed by atoms with Gasteiger partial charge >= 0.3 is 11.9 Å². The molecule has 0 spiro atoms. The van der Waals surface area contributed by atoms with E-state index in [9.17, 15) is 14.0 Å². The zero-order valence-corrected chi connectivity index (χ0v) is 6.74. The second kappa shape index (κ2) is 2.21. The van der Waals surface area contributed by atoms with Gasteiger partial charge in [0.1, 0.15) is 5.67 Å². The molecule has 2 aliphatic carbocycles. The van der Waals surface area contributed by atoms with Crippen molar-refractivity contribution in [3.05, 3.63) is 0 Å². The fourth-order valence-corrected chi connectivity index (χ4v) is 2.55. The van der Waals surface area contributed by atoms with E-state index in [2.05, 4.69) is 0 Å². The van der Waals surface area contributed by atoms with E-state index in [1.807, 2.05) is 0 Å². The number of halogens is 1. The number of aliphatic carboxylic acids is 2. The van der Waals surface area contributed by atoms with Crippen molar-refractivity contribution in [1.82, 2.24) is 0 Å². The molecule has 2 saturated carbocycles. The molecule has 2 N–H and O–H groups in total. The Hall–Kier alpha value is -1.13. The van der Waals surface area contributed by atoms with Gasteiger partial charge in [0.15, 0.2) is 0 Å². The second-order valence-electron chi connectivity index (χ2n) is 3.72. The topological polar surface area (TPSA) is 74.6 Å². The summed E-state index contributed by atoms with van der Waals surface area (Å²) in [6.45, 7) is 0. The fourth-order valence-electron chi connectivity index (χ4n) is 2.55. The van der Waals surface area contributed by atoms with E-state index >= 15 is 0 Å². The second-order valence-corrected chi connectivity index (χ2v) is 3.72. The Bertz CT molecular complexity index is 290. The highest BCUT2D eigenvalue weighted by molar-refractivity contribution is 5.82. The molecule has 4 unspecified atom stereocenters. The lowest BCUT2D eigenvalue weighted by atomic mass is 9.98. The Kier molecular flexibility index (Phi) is 1.44. The number of carboxylic acids is 2. The lowest BCUT2D eigenvalue weighted by Crippen LogP contribution is -2.28. The summed E-state index contributed by atoms with van der Waals surface area (Å²) in [5.74, 6) is -5.18. The lowest BCUT2D eigenvalue weighted by molar-refractivity contribution is -0.146. The molecule has 2 fully saturated rings. The Balaban J connectivity index is 2.22. The highest BCUT2D eigenvalue weighted by Gasteiger charge is 2.77. The van der Waals surface area contributed by atoms with Crippen molar-refractivity contribution in [2.24, 2.45) is 17.8 Å². The molecular formula is C8H9FO4. The van der Waals surface area contributed by atoms with Crippen LogP contribution in [0.2, 0.25) is 0 Å². The van der Waals surface area contributed by atoms with Crippen molar-refractivity contribution in [3.63, 3.8) is 0 Å². The van der Waals surface area contributed by atoms with E-state index in [1.165, 1.54) is 0 Å². The standard InChI is InChI=1S/C8H9FO4/c9-8-3(5(8)7(12)13)1-2-4(8)6(10)11/h3-5H,1-2H2,(H,10,11)(H,12,13). The molecule has 0 aromatic heterocycles. The number of hydrogen-bond acceptors (Lipinski definition) is 2. The summed E-state index contributed by atoms with van der Waals surface area (Å²) in [7, 11) is 0. The number of hydrogen-bond donors (Lipinski definition) is 2. The van der Waals surface area contributed by atoms with Gasteiger partial charge in [0, 0.05) is 5.92 Å². The first-order valence-electron chi connectivity index (χ1n) is 4.14. The van der Waals surface area contributed by atoms with Gasteiger partial charge in [-0.25, -0.2) is 4.39 Å². The monoisotopic (exact) mass is 188 g/mol. The van der Waals surface area contributed by atoms with Crippen LogP contribution in [0.4, 0.5) is 4.39 Å². The SMILES string of the molecule is O=C(O)C1CCC2C(C(=O)O)C12F. The molecule has 0 saturated heterocycles. The molecule has 0 amide bonds. The van der Waals surface area contributed by atoms with Gasteiger partial charge in [0.05, 0.1) is 11.8 Å². The molecule has 0 radical (unpaired) electrons. The van der Waals surface area contributed by atoms with Crippen molar-refractivity contribution in [2.45, 2.75) is 18.5 Å². The van der Waals surface area contributed by atoms with Gasteiger partial charge < -0.3 is 10.2 Å². The van der Waals surface area contributed by atoms with Crippen LogP contribution in [-0.4, -0.2) is 27.8 Å². The van der Waals surface area contributed by atoms with E-state index in [0.29, 0.717) is 6.42 Å². The van der Waals surface area contributed by atoms with Gasteiger partial charge in [0.25, 0.3) is 0 Å². The van der Waals surface area contributed by atoms with E-state index in [-0.39, 0.29) is 6.42 Å². The smallest absolute Gasteiger partial charge is 0.310 e. The minimum atomic E-state index is -1.96. The average Bonchev–Trinajstić information content (AvgIpc) is 2.44. The number of alkyl halides is 1. The number of carbonyl (C=O) groups is 2. The van der Waals surface area contributed by atoms with Crippen LogP contribution in [0.3, 0.4) is 0 Å². The average molecular weight is 188 g/mol. The van der Waals surface area contributed by atoms with Gasteiger partial charge in [-0.2, -0.15) is 0 Å². The van der Waals surface area contributed by atoms with Crippen LogP contribution in [0.15, 0.2) is 0 Å². The lowest BCUT2D eigenvalue weighted by Gasteiger charge is -2.11. The summed E-state index contributed by atoms with van der Waals surface area (Å²) in [5, 5.41) is 17.2. The largest absolute Gasteiger partial charge is 0.481 e. The quantitative estimate of drug-likeness (QED) is 0.662. The Morgan fingerprint density at radius 2 is 1.85 bits per heavy atom.